The second-order valence-electron chi connectivity index (χ2n) is 4.56. The topological polar surface area (TPSA) is 55.1 Å². The molecule has 1 aromatic heterocycles. The molecule has 0 saturated carbocycles. The van der Waals surface area contributed by atoms with Crippen molar-refractivity contribution >= 4 is 5.97 Å². The molecule has 0 saturated heterocycles. The summed E-state index contributed by atoms with van der Waals surface area (Å²) in [6.07, 6.45) is 1.77. The van der Waals surface area contributed by atoms with Crippen molar-refractivity contribution in [2.45, 2.75) is 19.3 Å². The molecule has 0 fully saturated rings. The van der Waals surface area contributed by atoms with Crippen LogP contribution in [0.3, 0.4) is 0 Å². The summed E-state index contributed by atoms with van der Waals surface area (Å²) >= 11 is 0. The van der Waals surface area contributed by atoms with Crippen molar-refractivity contribution in [3.63, 3.8) is 0 Å². The van der Waals surface area contributed by atoms with Gasteiger partial charge in [0.05, 0.1) is 0 Å². The minimum Gasteiger partial charge on any atom is -0.476 e. The smallest absolute Gasteiger partial charge is 0.356 e. The van der Waals surface area contributed by atoms with E-state index in [-0.39, 0.29) is 11.4 Å². The monoisotopic (exact) mass is 282 g/mol. The number of hydrogen-bond donors (Lipinski definition) is 1. The van der Waals surface area contributed by atoms with Crippen LogP contribution in [-0.2, 0) is 12.8 Å². The lowest BCUT2D eigenvalue weighted by molar-refractivity contribution is 0.0688. The van der Waals surface area contributed by atoms with Crippen molar-refractivity contribution in [3.05, 3.63) is 46.5 Å². The predicted octanol–water partition coefficient (Wildman–Crippen LogP) is 2.48. The second kappa shape index (κ2) is 4.36. The fraction of sp³-hybridized carbons (Fsp3) is 0.231. The minimum atomic E-state index is -1.30. The molecule has 3 rings (SSSR count). The summed E-state index contributed by atoms with van der Waals surface area (Å²) in [5, 5.41) is 12.9. The van der Waals surface area contributed by atoms with Gasteiger partial charge in [0.25, 0.3) is 0 Å². The Balaban J connectivity index is 2.23. The summed E-state index contributed by atoms with van der Waals surface area (Å²) in [5.74, 6) is -4.71. The fourth-order valence-electron chi connectivity index (χ4n) is 2.48. The van der Waals surface area contributed by atoms with Gasteiger partial charge in [-0.3, -0.25) is 0 Å². The summed E-state index contributed by atoms with van der Waals surface area (Å²) in [6, 6.07) is 1.11. The Morgan fingerprint density at radius 2 is 1.85 bits per heavy atom. The molecule has 1 aliphatic rings. The average Bonchev–Trinajstić information content (AvgIpc) is 2.95. The van der Waals surface area contributed by atoms with E-state index in [2.05, 4.69) is 5.10 Å². The Hall–Kier alpha value is -2.31. The van der Waals surface area contributed by atoms with Gasteiger partial charge in [0.1, 0.15) is 5.69 Å². The zero-order valence-corrected chi connectivity index (χ0v) is 10.2. The maximum absolute atomic E-state index is 13.8. The van der Waals surface area contributed by atoms with Gasteiger partial charge in [0.15, 0.2) is 23.1 Å². The van der Waals surface area contributed by atoms with Gasteiger partial charge in [-0.15, -0.1) is 0 Å². The number of rotatable bonds is 2. The average molecular weight is 282 g/mol. The van der Waals surface area contributed by atoms with Crippen LogP contribution in [0.5, 0.6) is 0 Å². The third-order valence-corrected chi connectivity index (χ3v) is 3.35. The number of benzene rings is 1. The van der Waals surface area contributed by atoms with E-state index in [1.54, 1.807) is 0 Å². The second-order valence-corrected chi connectivity index (χ2v) is 4.56. The number of fused-ring (bicyclic) bond motifs is 1. The largest absolute Gasteiger partial charge is 0.476 e. The van der Waals surface area contributed by atoms with Gasteiger partial charge < -0.3 is 5.11 Å². The summed E-state index contributed by atoms with van der Waals surface area (Å²) in [6.45, 7) is 0. The third-order valence-electron chi connectivity index (χ3n) is 3.35. The lowest BCUT2D eigenvalue weighted by Gasteiger charge is -2.07. The van der Waals surface area contributed by atoms with Gasteiger partial charge in [0, 0.05) is 23.4 Å². The molecule has 7 heteroatoms. The van der Waals surface area contributed by atoms with Crippen molar-refractivity contribution in [2.75, 3.05) is 0 Å². The number of carbonyl (C=O) groups is 1. The lowest BCUT2D eigenvalue weighted by Crippen LogP contribution is -2.07. The van der Waals surface area contributed by atoms with Crippen LogP contribution in [0.2, 0.25) is 0 Å². The molecule has 1 aliphatic carbocycles. The summed E-state index contributed by atoms with van der Waals surface area (Å²) in [7, 11) is 0. The molecule has 0 atom stereocenters. The number of nitrogens with zero attached hydrogens (tertiary/aromatic N) is 2. The summed E-state index contributed by atoms with van der Waals surface area (Å²) in [4.78, 5) is 11.1. The van der Waals surface area contributed by atoms with E-state index in [9.17, 15) is 18.0 Å². The molecule has 0 aliphatic heterocycles. The van der Waals surface area contributed by atoms with Crippen LogP contribution in [0.15, 0.2) is 12.1 Å². The SMILES string of the molecule is O=C(O)c1nn(-c2cc(F)c(F)cc2F)c2c1CCC2. The zero-order chi connectivity index (χ0) is 14.4. The van der Waals surface area contributed by atoms with E-state index >= 15 is 0 Å². The number of hydrogen-bond acceptors (Lipinski definition) is 2. The molecule has 1 heterocycles. The van der Waals surface area contributed by atoms with E-state index in [0.29, 0.717) is 36.2 Å². The third kappa shape index (κ3) is 1.77. The number of carboxylic acids is 1. The van der Waals surface area contributed by atoms with Crippen molar-refractivity contribution in [2.24, 2.45) is 0 Å². The van der Waals surface area contributed by atoms with Crippen molar-refractivity contribution in [1.82, 2.24) is 9.78 Å². The molecular weight excluding hydrogens is 273 g/mol. The van der Waals surface area contributed by atoms with Crippen LogP contribution in [0.4, 0.5) is 13.2 Å². The van der Waals surface area contributed by atoms with E-state index in [0.717, 1.165) is 11.1 Å². The molecular formula is C13H9F3N2O2. The van der Waals surface area contributed by atoms with Crippen LogP contribution >= 0.6 is 0 Å². The Morgan fingerprint density at radius 1 is 1.15 bits per heavy atom. The number of carboxylic acid groups (broad SMARTS) is 1. The lowest BCUT2D eigenvalue weighted by atomic mass is 10.2. The van der Waals surface area contributed by atoms with E-state index < -0.39 is 23.4 Å². The van der Waals surface area contributed by atoms with Crippen molar-refractivity contribution in [1.29, 1.82) is 0 Å². The van der Waals surface area contributed by atoms with Gasteiger partial charge >= 0.3 is 5.97 Å². The Bertz CT molecular complexity index is 725. The summed E-state index contributed by atoms with van der Waals surface area (Å²) < 4.78 is 41.0. The first-order valence-corrected chi connectivity index (χ1v) is 5.98. The van der Waals surface area contributed by atoms with Crippen molar-refractivity contribution < 1.29 is 23.1 Å². The summed E-state index contributed by atoms with van der Waals surface area (Å²) in [5.41, 5.74) is 0.616. The van der Waals surface area contributed by atoms with E-state index in [1.165, 1.54) is 0 Å². The van der Waals surface area contributed by atoms with Crippen LogP contribution in [0.25, 0.3) is 5.69 Å². The van der Waals surface area contributed by atoms with Crippen LogP contribution in [-0.4, -0.2) is 20.9 Å². The highest BCUT2D eigenvalue weighted by Gasteiger charge is 2.28. The normalized spacial score (nSPS) is 13.6. The quantitative estimate of drug-likeness (QED) is 0.861. The van der Waals surface area contributed by atoms with Crippen molar-refractivity contribution in [3.8, 4) is 5.69 Å². The highest BCUT2D eigenvalue weighted by molar-refractivity contribution is 5.87. The predicted molar refractivity (Wildman–Crippen MR) is 62.4 cm³/mol. The molecule has 0 radical (unpaired) electrons. The first-order chi connectivity index (χ1) is 9.49. The number of aromatic carboxylic acids is 1. The van der Waals surface area contributed by atoms with E-state index in [1.807, 2.05) is 0 Å². The molecule has 20 heavy (non-hydrogen) atoms. The number of halogens is 3. The zero-order valence-electron chi connectivity index (χ0n) is 10.2. The molecule has 0 bridgehead atoms. The molecule has 1 aromatic carbocycles. The highest BCUT2D eigenvalue weighted by atomic mass is 19.2. The molecule has 1 N–H and O–H groups in total. The van der Waals surface area contributed by atoms with E-state index in [4.69, 9.17) is 5.11 Å². The highest BCUT2D eigenvalue weighted by Crippen LogP contribution is 2.29. The Kier molecular flexibility index (Phi) is 2.77. The molecule has 0 spiro atoms. The van der Waals surface area contributed by atoms with Gasteiger partial charge in [-0.1, -0.05) is 0 Å². The Morgan fingerprint density at radius 3 is 2.55 bits per heavy atom. The molecule has 0 unspecified atom stereocenters. The fourth-order valence-corrected chi connectivity index (χ4v) is 2.48. The maximum Gasteiger partial charge on any atom is 0.356 e. The number of aromatic nitrogens is 2. The van der Waals surface area contributed by atoms with Crippen LogP contribution in [0, 0.1) is 17.5 Å². The van der Waals surface area contributed by atoms with Gasteiger partial charge in [-0.2, -0.15) is 5.10 Å². The molecule has 4 nitrogen and oxygen atoms in total. The maximum atomic E-state index is 13.8. The van der Waals surface area contributed by atoms with Gasteiger partial charge in [0.2, 0.25) is 0 Å². The first kappa shape index (κ1) is 12.7. The van der Waals surface area contributed by atoms with Crippen LogP contribution < -0.4 is 0 Å². The molecule has 0 amide bonds. The molecule has 104 valence electrons. The Labute approximate surface area is 111 Å². The van der Waals surface area contributed by atoms with Crippen LogP contribution in [0.1, 0.15) is 28.2 Å². The first-order valence-electron chi connectivity index (χ1n) is 5.98. The minimum absolute atomic E-state index is 0.165. The van der Waals surface area contributed by atoms with Gasteiger partial charge in [-0.05, 0) is 19.3 Å². The van der Waals surface area contributed by atoms with Gasteiger partial charge in [-0.25, -0.2) is 22.6 Å². The standard InChI is InChI=1S/C13H9F3N2O2/c14-7-4-9(16)11(5-8(7)15)18-10-3-1-2-6(10)12(17-18)13(19)20/h4-5H,1-3H2,(H,19,20). The molecule has 2 aromatic rings.